The Kier molecular flexibility index (Phi) is 2.60. The summed E-state index contributed by atoms with van der Waals surface area (Å²) in [5, 5.41) is 7.64. The van der Waals surface area contributed by atoms with Gasteiger partial charge in [-0.1, -0.05) is 0 Å². The summed E-state index contributed by atoms with van der Waals surface area (Å²) in [5.41, 5.74) is 1.81. The molecule has 0 aliphatic rings. The van der Waals surface area contributed by atoms with Crippen molar-refractivity contribution in [1.29, 1.82) is 0 Å². The van der Waals surface area contributed by atoms with E-state index in [1.54, 1.807) is 19.6 Å². The van der Waals surface area contributed by atoms with Gasteiger partial charge in [0.25, 0.3) is 0 Å². The van der Waals surface area contributed by atoms with Gasteiger partial charge in [0, 0.05) is 11.8 Å². The van der Waals surface area contributed by atoms with E-state index in [0.29, 0.717) is 0 Å². The normalized spacial score (nSPS) is 11.3. The van der Waals surface area contributed by atoms with Gasteiger partial charge in [-0.2, -0.15) is 10.2 Å². The predicted molar refractivity (Wildman–Crippen MR) is 42.7 cm³/mol. The predicted octanol–water partition coefficient (Wildman–Crippen LogP) is 1.48. The Morgan fingerprint density at radius 2 is 2.45 bits per heavy atom. The average Bonchev–Trinajstić information content (AvgIpc) is 2.07. The van der Waals surface area contributed by atoms with Gasteiger partial charge in [-0.05, 0) is 19.1 Å². The molecule has 3 heteroatoms. The van der Waals surface area contributed by atoms with E-state index in [9.17, 15) is 0 Å². The van der Waals surface area contributed by atoms with Gasteiger partial charge >= 0.3 is 0 Å². The molecule has 3 nitrogen and oxygen atoms in total. The van der Waals surface area contributed by atoms with E-state index in [1.165, 1.54) is 0 Å². The molecule has 1 aromatic heterocycles. The van der Waals surface area contributed by atoms with Gasteiger partial charge < -0.3 is 4.74 Å². The molecule has 1 aromatic rings. The first-order valence-electron chi connectivity index (χ1n) is 3.32. The number of hydrogen-bond donors (Lipinski definition) is 0. The van der Waals surface area contributed by atoms with Gasteiger partial charge in [-0.25, -0.2) is 0 Å². The number of allylic oxidation sites excluding steroid dienone is 1. The highest BCUT2D eigenvalue weighted by Gasteiger charge is 1.94. The van der Waals surface area contributed by atoms with Crippen molar-refractivity contribution in [2.45, 2.75) is 6.92 Å². The topological polar surface area (TPSA) is 35.0 Å². The lowest BCUT2D eigenvalue weighted by Crippen LogP contribution is -1.87. The lowest BCUT2D eigenvalue weighted by atomic mass is 10.2. The number of aromatic nitrogens is 2. The molecule has 0 spiro atoms. The zero-order chi connectivity index (χ0) is 8.10. The first kappa shape index (κ1) is 7.72. The van der Waals surface area contributed by atoms with Gasteiger partial charge in [0.2, 0.25) is 0 Å². The summed E-state index contributed by atoms with van der Waals surface area (Å²) >= 11 is 0. The minimum Gasteiger partial charge on any atom is -0.504 e. The third-order valence-corrected chi connectivity index (χ3v) is 1.27. The second-order valence-electron chi connectivity index (χ2n) is 2.15. The van der Waals surface area contributed by atoms with Crippen LogP contribution in [-0.2, 0) is 4.74 Å². The van der Waals surface area contributed by atoms with Crippen LogP contribution in [0, 0.1) is 0 Å². The van der Waals surface area contributed by atoms with Crippen molar-refractivity contribution >= 4 is 5.57 Å². The second-order valence-corrected chi connectivity index (χ2v) is 2.15. The highest BCUT2D eigenvalue weighted by molar-refractivity contribution is 5.58. The molecule has 0 saturated heterocycles. The standard InChI is InChI=1S/C8H10N2O/c1-7(6-11-2)8-4-3-5-9-10-8/h3-6H,1-2H3/b7-6+. The molecule has 0 fully saturated rings. The van der Waals surface area contributed by atoms with Crippen LogP contribution in [0.1, 0.15) is 12.6 Å². The molecule has 0 N–H and O–H groups in total. The molecular weight excluding hydrogens is 140 g/mol. The Morgan fingerprint density at radius 1 is 1.64 bits per heavy atom. The van der Waals surface area contributed by atoms with Crippen molar-refractivity contribution in [3.05, 3.63) is 30.3 Å². The van der Waals surface area contributed by atoms with Crippen LogP contribution in [0.5, 0.6) is 0 Å². The molecule has 0 aliphatic carbocycles. The van der Waals surface area contributed by atoms with E-state index in [0.717, 1.165) is 11.3 Å². The van der Waals surface area contributed by atoms with E-state index in [2.05, 4.69) is 10.2 Å². The summed E-state index contributed by atoms with van der Waals surface area (Å²) in [4.78, 5) is 0. The fourth-order valence-electron chi connectivity index (χ4n) is 0.749. The van der Waals surface area contributed by atoms with Crippen LogP contribution in [-0.4, -0.2) is 17.3 Å². The molecule has 0 atom stereocenters. The zero-order valence-electron chi connectivity index (χ0n) is 6.61. The molecule has 0 saturated carbocycles. The zero-order valence-corrected chi connectivity index (χ0v) is 6.61. The molecule has 11 heavy (non-hydrogen) atoms. The van der Waals surface area contributed by atoms with E-state index in [4.69, 9.17) is 4.74 Å². The van der Waals surface area contributed by atoms with Crippen molar-refractivity contribution in [3.63, 3.8) is 0 Å². The van der Waals surface area contributed by atoms with E-state index >= 15 is 0 Å². The molecule has 0 unspecified atom stereocenters. The third kappa shape index (κ3) is 2.04. The first-order chi connectivity index (χ1) is 5.34. The maximum Gasteiger partial charge on any atom is 0.0917 e. The van der Waals surface area contributed by atoms with Crippen LogP contribution in [0.2, 0.25) is 0 Å². The fraction of sp³-hybridized carbons (Fsp3) is 0.250. The second kappa shape index (κ2) is 3.71. The summed E-state index contributed by atoms with van der Waals surface area (Å²) in [6.45, 7) is 1.92. The molecule has 0 bridgehead atoms. The van der Waals surface area contributed by atoms with Crippen molar-refractivity contribution in [2.75, 3.05) is 7.11 Å². The summed E-state index contributed by atoms with van der Waals surface area (Å²) < 4.78 is 4.83. The lowest BCUT2D eigenvalue weighted by Gasteiger charge is -1.96. The largest absolute Gasteiger partial charge is 0.504 e. The highest BCUT2D eigenvalue weighted by Crippen LogP contribution is 2.07. The SMILES string of the molecule is CO/C=C(\C)c1cccnn1. The molecule has 0 radical (unpaired) electrons. The molecule has 0 aliphatic heterocycles. The molecule has 1 heterocycles. The monoisotopic (exact) mass is 150 g/mol. The maximum absolute atomic E-state index is 4.83. The van der Waals surface area contributed by atoms with Crippen LogP contribution in [0.3, 0.4) is 0 Å². The Hall–Kier alpha value is -1.38. The van der Waals surface area contributed by atoms with Crippen LogP contribution in [0.15, 0.2) is 24.6 Å². The number of nitrogens with zero attached hydrogens (tertiary/aromatic N) is 2. The Balaban J connectivity index is 2.85. The van der Waals surface area contributed by atoms with E-state index < -0.39 is 0 Å². The van der Waals surface area contributed by atoms with Crippen LogP contribution < -0.4 is 0 Å². The molecule has 1 rings (SSSR count). The van der Waals surface area contributed by atoms with Crippen molar-refractivity contribution < 1.29 is 4.74 Å². The van der Waals surface area contributed by atoms with Crippen LogP contribution >= 0.6 is 0 Å². The molecule has 58 valence electrons. The molecular formula is C8H10N2O. The van der Waals surface area contributed by atoms with Crippen LogP contribution in [0.4, 0.5) is 0 Å². The van der Waals surface area contributed by atoms with E-state index in [1.807, 2.05) is 19.1 Å². The number of ether oxygens (including phenoxy) is 1. The lowest BCUT2D eigenvalue weighted by molar-refractivity contribution is 0.339. The number of methoxy groups -OCH3 is 1. The van der Waals surface area contributed by atoms with Gasteiger partial charge in [-0.15, -0.1) is 0 Å². The smallest absolute Gasteiger partial charge is 0.0917 e. The van der Waals surface area contributed by atoms with Gasteiger partial charge in [0.05, 0.1) is 19.1 Å². The van der Waals surface area contributed by atoms with E-state index in [-0.39, 0.29) is 0 Å². The quantitative estimate of drug-likeness (QED) is 0.599. The number of hydrogen-bond acceptors (Lipinski definition) is 3. The number of rotatable bonds is 2. The Morgan fingerprint density at radius 3 is 3.00 bits per heavy atom. The molecule has 0 aromatic carbocycles. The maximum atomic E-state index is 4.83. The minimum atomic E-state index is 0.842. The molecule has 0 amide bonds. The van der Waals surface area contributed by atoms with Gasteiger partial charge in [0.15, 0.2) is 0 Å². The average molecular weight is 150 g/mol. The van der Waals surface area contributed by atoms with Crippen LogP contribution in [0.25, 0.3) is 5.57 Å². The third-order valence-electron chi connectivity index (χ3n) is 1.27. The first-order valence-corrected chi connectivity index (χ1v) is 3.32. The summed E-state index contributed by atoms with van der Waals surface area (Å²) in [6.07, 6.45) is 3.29. The van der Waals surface area contributed by atoms with Gasteiger partial charge in [0.1, 0.15) is 0 Å². The summed E-state index contributed by atoms with van der Waals surface area (Å²) in [5.74, 6) is 0. The minimum absolute atomic E-state index is 0.842. The fourth-order valence-corrected chi connectivity index (χ4v) is 0.749. The Bertz CT molecular complexity index is 244. The Labute approximate surface area is 65.7 Å². The highest BCUT2D eigenvalue weighted by atomic mass is 16.5. The summed E-state index contributed by atoms with van der Waals surface area (Å²) in [7, 11) is 1.61. The summed E-state index contributed by atoms with van der Waals surface area (Å²) in [6, 6.07) is 3.73. The van der Waals surface area contributed by atoms with Crippen molar-refractivity contribution in [2.24, 2.45) is 0 Å². The van der Waals surface area contributed by atoms with Crippen molar-refractivity contribution in [1.82, 2.24) is 10.2 Å². The van der Waals surface area contributed by atoms with Crippen molar-refractivity contribution in [3.8, 4) is 0 Å². The van der Waals surface area contributed by atoms with Gasteiger partial charge in [-0.3, -0.25) is 0 Å².